The van der Waals surface area contributed by atoms with Gasteiger partial charge in [0.2, 0.25) is 0 Å². The van der Waals surface area contributed by atoms with Crippen LogP contribution >= 0.6 is 0 Å². The summed E-state index contributed by atoms with van der Waals surface area (Å²) in [7, 11) is 1.47. The van der Waals surface area contributed by atoms with Crippen LogP contribution in [0.3, 0.4) is 0 Å². The number of rotatable bonds is 3. The molecular weight excluding hydrogens is 232 g/mol. The van der Waals surface area contributed by atoms with E-state index in [-0.39, 0.29) is 11.9 Å². The minimum Gasteiger partial charge on any atom is -0.494 e. The number of amides is 3. The molecule has 5 heteroatoms. The van der Waals surface area contributed by atoms with Gasteiger partial charge in [0, 0.05) is 7.05 Å². The van der Waals surface area contributed by atoms with Gasteiger partial charge in [-0.1, -0.05) is 12.1 Å². The largest absolute Gasteiger partial charge is 0.494 e. The second kappa shape index (κ2) is 4.33. The predicted molar refractivity (Wildman–Crippen MR) is 66.3 cm³/mol. The molecule has 1 aliphatic heterocycles. The zero-order chi connectivity index (χ0) is 13.3. The average molecular weight is 248 g/mol. The average Bonchev–Trinajstić information content (AvgIpc) is 2.56. The maximum absolute atomic E-state index is 12.1. The molecule has 1 aromatic rings. The van der Waals surface area contributed by atoms with Crippen molar-refractivity contribution in [2.24, 2.45) is 0 Å². The van der Waals surface area contributed by atoms with Gasteiger partial charge in [-0.3, -0.25) is 9.69 Å². The molecule has 1 N–H and O–H groups in total. The molecule has 18 heavy (non-hydrogen) atoms. The molecule has 0 aliphatic carbocycles. The first kappa shape index (κ1) is 12.4. The number of ether oxygens (including phenoxy) is 1. The molecule has 0 aromatic heterocycles. The van der Waals surface area contributed by atoms with E-state index in [9.17, 15) is 9.59 Å². The van der Waals surface area contributed by atoms with Gasteiger partial charge >= 0.3 is 6.03 Å². The van der Waals surface area contributed by atoms with Gasteiger partial charge in [0.15, 0.2) is 0 Å². The molecule has 0 bridgehead atoms. The summed E-state index contributed by atoms with van der Waals surface area (Å²) in [5, 5.41) is 2.69. The van der Waals surface area contributed by atoms with E-state index in [4.69, 9.17) is 4.74 Å². The highest BCUT2D eigenvalue weighted by atomic mass is 16.5. The fourth-order valence-corrected chi connectivity index (χ4v) is 2.03. The first-order valence-corrected chi connectivity index (χ1v) is 5.82. The number of imide groups is 1. The summed E-state index contributed by atoms with van der Waals surface area (Å²) in [6.07, 6.45) is 0. The molecule has 1 atom stereocenters. The van der Waals surface area contributed by atoms with Crippen molar-refractivity contribution >= 4 is 11.9 Å². The van der Waals surface area contributed by atoms with Crippen LogP contribution in [0.1, 0.15) is 19.4 Å². The lowest BCUT2D eigenvalue weighted by atomic mass is 9.92. The molecule has 1 heterocycles. The molecule has 1 aliphatic rings. The van der Waals surface area contributed by atoms with Crippen LogP contribution in [0.2, 0.25) is 0 Å². The van der Waals surface area contributed by atoms with Gasteiger partial charge in [-0.25, -0.2) is 4.79 Å². The highest BCUT2D eigenvalue weighted by molar-refractivity contribution is 6.06. The summed E-state index contributed by atoms with van der Waals surface area (Å²) in [6, 6.07) is 6.80. The Bertz CT molecular complexity index is 484. The molecular formula is C13H16N2O3. The molecule has 0 spiro atoms. The molecule has 5 nitrogen and oxygen atoms in total. The maximum atomic E-state index is 12.1. The molecule has 96 valence electrons. The highest BCUT2D eigenvalue weighted by Gasteiger charge is 2.47. The summed E-state index contributed by atoms with van der Waals surface area (Å²) in [5.74, 6) is 0.492. The summed E-state index contributed by atoms with van der Waals surface area (Å²) in [4.78, 5) is 24.7. The minimum absolute atomic E-state index is 0.253. The Hall–Kier alpha value is -2.04. The van der Waals surface area contributed by atoms with Crippen LogP contribution in [0.15, 0.2) is 24.3 Å². The molecule has 0 radical (unpaired) electrons. The Labute approximate surface area is 106 Å². The molecule has 1 unspecified atom stereocenters. The van der Waals surface area contributed by atoms with E-state index in [1.54, 1.807) is 31.2 Å². The molecule has 1 saturated heterocycles. The second-order valence-corrected chi connectivity index (χ2v) is 4.38. The lowest BCUT2D eigenvalue weighted by molar-refractivity contribution is -0.130. The van der Waals surface area contributed by atoms with Gasteiger partial charge in [-0.15, -0.1) is 0 Å². The number of hydrogen-bond acceptors (Lipinski definition) is 3. The van der Waals surface area contributed by atoms with Crippen molar-refractivity contribution < 1.29 is 14.3 Å². The lowest BCUT2D eigenvalue weighted by Gasteiger charge is -2.21. The van der Waals surface area contributed by atoms with Crippen LogP contribution in [-0.2, 0) is 10.3 Å². The number of nitrogens with one attached hydrogen (secondary N) is 1. The van der Waals surface area contributed by atoms with Gasteiger partial charge in [0.05, 0.1) is 6.61 Å². The van der Waals surface area contributed by atoms with Crippen molar-refractivity contribution in [3.8, 4) is 5.75 Å². The molecule has 0 saturated carbocycles. The number of benzene rings is 1. The van der Waals surface area contributed by atoms with Crippen LogP contribution < -0.4 is 10.1 Å². The Kier molecular flexibility index (Phi) is 2.98. The third kappa shape index (κ3) is 1.81. The molecule has 3 amide bonds. The normalized spacial score (nSPS) is 23.2. The van der Waals surface area contributed by atoms with Crippen molar-refractivity contribution in [3.05, 3.63) is 29.8 Å². The monoisotopic (exact) mass is 248 g/mol. The highest BCUT2D eigenvalue weighted by Crippen LogP contribution is 2.29. The smallest absolute Gasteiger partial charge is 0.325 e. The second-order valence-electron chi connectivity index (χ2n) is 4.38. The van der Waals surface area contributed by atoms with E-state index in [0.29, 0.717) is 6.61 Å². The quantitative estimate of drug-likeness (QED) is 0.824. The third-order valence-electron chi connectivity index (χ3n) is 3.14. The number of hydrogen-bond donors (Lipinski definition) is 1. The summed E-state index contributed by atoms with van der Waals surface area (Å²) >= 11 is 0. The Balaban J connectivity index is 2.31. The fourth-order valence-electron chi connectivity index (χ4n) is 2.03. The summed E-state index contributed by atoms with van der Waals surface area (Å²) < 4.78 is 5.34. The Morgan fingerprint density at radius 1 is 1.28 bits per heavy atom. The molecule has 1 aromatic carbocycles. The number of likely N-dealkylation sites (N-methyl/N-ethyl adjacent to an activating group) is 1. The fraction of sp³-hybridized carbons (Fsp3) is 0.385. The van der Waals surface area contributed by atoms with Crippen LogP contribution in [0.4, 0.5) is 4.79 Å². The van der Waals surface area contributed by atoms with E-state index in [1.165, 1.54) is 7.05 Å². The number of carbonyl (C=O) groups excluding carboxylic acids is 2. The van der Waals surface area contributed by atoms with E-state index in [0.717, 1.165) is 16.2 Å². The van der Waals surface area contributed by atoms with Crippen LogP contribution in [-0.4, -0.2) is 30.5 Å². The molecule has 1 fully saturated rings. The first-order chi connectivity index (χ1) is 8.49. The van der Waals surface area contributed by atoms with E-state index in [1.807, 2.05) is 6.92 Å². The van der Waals surface area contributed by atoms with Gasteiger partial charge in [-0.2, -0.15) is 0 Å². The van der Waals surface area contributed by atoms with Gasteiger partial charge in [0.25, 0.3) is 5.91 Å². The van der Waals surface area contributed by atoms with Crippen molar-refractivity contribution in [2.75, 3.05) is 13.7 Å². The van der Waals surface area contributed by atoms with E-state index in [2.05, 4.69) is 5.32 Å². The van der Waals surface area contributed by atoms with E-state index >= 15 is 0 Å². The van der Waals surface area contributed by atoms with Crippen molar-refractivity contribution in [1.29, 1.82) is 0 Å². The first-order valence-electron chi connectivity index (χ1n) is 5.82. The third-order valence-corrected chi connectivity index (χ3v) is 3.14. The lowest BCUT2D eigenvalue weighted by Crippen LogP contribution is -2.40. The maximum Gasteiger partial charge on any atom is 0.325 e. The van der Waals surface area contributed by atoms with Crippen molar-refractivity contribution in [3.63, 3.8) is 0 Å². The summed E-state index contributed by atoms with van der Waals surface area (Å²) in [6.45, 7) is 4.20. The minimum atomic E-state index is -0.990. The van der Waals surface area contributed by atoms with Crippen LogP contribution in [0, 0.1) is 0 Å². The number of urea groups is 1. The summed E-state index contributed by atoms with van der Waals surface area (Å²) in [5.41, 5.74) is -0.245. The molecule has 2 rings (SSSR count). The zero-order valence-electron chi connectivity index (χ0n) is 10.7. The predicted octanol–water partition coefficient (Wildman–Crippen LogP) is 1.48. The number of carbonyl (C=O) groups is 2. The SMILES string of the molecule is CCOc1ccc(C2(C)NC(=O)N(C)C2=O)cc1. The zero-order valence-corrected chi connectivity index (χ0v) is 10.7. The Morgan fingerprint density at radius 2 is 1.89 bits per heavy atom. The van der Waals surface area contributed by atoms with Gasteiger partial charge in [-0.05, 0) is 31.5 Å². The number of nitrogens with zero attached hydrogens (tertiary/aromatic N) is 1. The van der Waals surface area contributed by atoms with Crippen LogP contribution in [0.5, 0.6) is 5.75 Å². The van der Waals surface area contributed by atoms with Crippen molar-refractivity contribution in [1.82, 2.24) is 10.2 Å². The Morgan fingerprint density at radius 3 is 2.33 bits per heavy atom. The van der Waals surface area contributed by atoms with Crippen molar-refractivity contribution in [2.45, 2.75) is 19.4 Å². The van der Waals surface area contributed by atoms with Gasteiger partial charge in [0.1, 0.15) is 11.3 Å². The van der Waals surface area contributed by atoms with Gasteiger partial charge < -0.3 is 10.1 Å². The van der Waals surface area contributed by atoms with Crippen LogP contribution in [0.25, 0.3) is 0 Å². The van der Waals surface area contributed by atoms with E-state index < -0.39 is 5.54 Å². The topological polar surface area (TPSA) is 58.6 Å². The standard InChI is InChI=1S/C13H16N2O3/c1-4-18-10-7-5-9(6-8-10)13(2)11(16)15(3)12(17)14-13/h5-8H,4H2,1-3H3,(H,14,17).